The number of aromatic nitrogens is 2. The lowest BCUT2D eigenvalue weighted by Crippen LogP contribution is -2.45. The normalized spacial score (nSPS) is 13.9. The van der Waals surface area contributed by atoms with Crippen LogP contribution in [0.1, 0.15) is 61.4 Å². The summed E-state index contributed by atoms with van der Waals surface area (Å²) in [5.41, 5.74) is 5.87. The Morgan fingerprint density at radius 3 is 2.52 bits per heavy atom. The average molecular weight is 395 g/mol. The number of nitrogens with zero attached hydrogens (tertiary/aromatic N) is 3. The van der Waals surface area contributed by atoms with Gasteiger partial charge in [0.25, 0.3) is 11.5 Å². The van der Waals surface area contributed by atoms with Crippen LogP contribution in [0.3, 0.4) is 0 Å². The summed E-state index contributed by atoms with van der Waals surface area (Å²) >= 11 is 0. The molecule has 1 aliphatic carbocycles. The highest BCUT2D eigenvalue weighted by molar-refractivity contribution is 6.07. The van der Waals surface area contributed by atoms with Crippen LogP contribution in [0.2, 0.25) is 0 Å². The number of benzene rings is 1. The number of hydrogen-bond donors (Lipinski definition) is 2. The molecule has 152 valence electrons. The number of rotatable bonds is 6. The minimum absolute atomic E-state index is 0.0149. The topological polar surface area (TPSA) is 125 Å². The van der Waals surface area contributed by atoms with E-state index >= 15 is 0 Å². The van der Waals surface area contributed by atoms with Gasteiger partial charge in [-0.3, -0.25) is 24.0 Å². The van der Waals surface area contributed by atoms with E-state index in [0.29, 0.717) is 17.7 Å². The maximum absolute atomic E-state index is 13.4. The van der Waals surface area contributed by atoms with Crippen molar-refractivity contribution in [3.8, 4) is 6.07 Å². The number of amides is 1. The smallest absolute Gasteiger partial charge is 0.330 e. The van der Waals surface area contributed by atoms with E-state index in [1.165, 1.54) is 9.47 Å². The van der Waals surface area contributed by atoms with Crippen LogP contribution in [0.15, 0.2) is 33.9 Å². The molecule has 1 amide bonds. The lowest BCUT2D eigenvalue weighted by Gasteiger charge is -2.30. The molecular formula is C21H25N5O3. The summed E-state index contributed by atoms with van der Waals surface area (Å²) in [6, 6.07) is 8.12. The summed E-state index contributed by atoms with van der Waals surface area (Å²) in [5, 5.41) is 8.99. The van der Waals surface area contributed by atoms with Gasteiger partial charge in [-0.25, -0.2) is 4.79 Å². The number of carbonyl (C=O) groups excluding carboxylic acids is 1. The van der Waals surface area contributed by atoms with Gasteiger partial charge < -0.3 is 5.73 Å². The Morgan fingerprint density at radius 2 is 1.93 bits per heavy atom. The monoisotopic (exact) mass is 395 g/mol. The van der Waals surface area contributed by atoms with E-state index in [-0.39, 0.29) is 23.5 Å². The zero-order chi connectivity index (χ0) is 21.0. The van der Waals surface area contributed by atoms with Gasteiger partial charge in [0.2, 0.25) is 0 Å². The molecule has 1 aromatic heterocycles. The van der Waals surface area contributed by atoms with Gasteiger partial charge in [-0.1, -0.05) is 26.2 Å². The van der Waals surface area contributed by atoms with Crippen molar-refractivity contribution in [2.45, 2.75) is 58.0 Å². The molecule has 3 rings (SSSR count). The molecule has 8 heteroatoms. The zero-order valence-corrected chi connectivity index (χ0v) is 16.5. The largest absolute Gasteiger partial charge is 0.383 e. The first kappa shape index (κ1) is 20.4. The predicted octanol–water partition coefficient (Wildman–Crippen LogP) is 2.38. The van der Waals surface area contributed by atoms with Gasteiger partial charge in [-0.15, -0.1) is 0 Å². The van der Waals surface area contributed by atoms with E-state index in [1.54, 1.807) is 24.3 Å². The minimum Gasteiger partial charge on any atom is -0.383 e. The number of hydrogen-bond acceptors (Lipinski definition) is 5. The predicted molar refractivity (Wildman–Crippen MR) is 111 cm³/mol. The van der Waals surface area contributed by atoms with Crippen LogP contribution < -0.4 is 21.9 Å². The second kappa shape index (κ2) is 8.78. The highest BCUT2D eigenvalue weighted by atomic mass is 16.2. The van der Waals surface area contributed by atoms with Crippen molar-refractivity contribution < 1.29 is 4.79 Å². The molecule has 1 heterocycles. The fourth-order valence-corrected chi connectivity index (χ4v) is 3.79. The third-order valence-corrected chi connectivity index (χ3v) is 5.36. The number of unbranched alkanes of at least 4 members (excludes halogenated alkanes) is 1. The standard InChI is InChI=1S/C21H25N5O3/c1-2-3-12-25-18(23)17(19(27)24-21(25)29)26(16-6-4-5-7-16)20(28)15-10-8-14(13-22)9-11-15/h8-11,16H,2-7,12,23H2,1H3,(H,24,27,29). The lowest BCUT2D eigenvalue weighted by atomic mass is 10.1. The van der Waals surface area contributed by atoms with Crippen molar-refractivity contribution in [2.24, 2.45) is 0 Å². The van der Waals surface area contributed by atoms with Crippen molar-refractivity contribution >= 4 is 17.4 Å². The molecule has 0 spiro atoms. The van der Waals surface area contributed by atoms with Gasteiger partial charge in [-0.2, -0.15) is 5.26 Å². The molecule has 0 aliphatic heterocycles. The molecule has 1 saturated carbocycles. The first-order valence-electron chi connectivity index (χ1n) is 9.94. The van der Waals surface area contributed by atoms with Crippen molar-refractivity contribution in [3.05, 3.63) is 56.2 Å². The molecule has 2 aromatic rings. The molecule has 29 heavy (non-hydrogen) atoms. The van der Waals surface area contributed by atoms with Crippen LogP contribution in [0.5, 0.6) is 0 Å². The molecule has 8 nitrogen and oxygen atoms in total. The second-order valence-corrected chi connectivity index (χ2v) is 7.30. The minimum atomic E-state index is -0.658. The Kier molecular flexibility index (Phi) is 6.17. The molecule has 0 bridgehead atoms. The summed E-state index contributed by atoms with van der Waals surface area (Å²) in [5.74, 6) is -0.347. The summed E-state index contributed by atoms with van der Waals surface area (Å²) in [4.78, 5) is 42.2. The molecule has 0 saturated heterocycles. The number of nitrogens with two attached hydrogens (primary N) is 1. The molecule has 1 fully saturated rings. The quantitative estimate of drug-likeness (QED) is 0.777. The SMILES string of the molecule is CCCCn1c(N)c(N(C(=O)c2ccc(C#N)cc2)C2CCCC2)c(=O)[nH]c1=O. The zero-order valence-electron chi connectivity index (χ0n) is 16.5. The number of H-pyrrole nitrogens is 1. The van der Waals surface area contributed by atoms with E-state index in [4.69, 9.17) is 11.0 Å². The van der Waals surface area contributed by atoms with E-state index in [2.05, 4.69) is 4.98 Å². The van der Waals surface area contributed by atoms with E-state index in [9.17, 15) is 14.4 Å². The Bertz CT molecular complexity index is 1040. The number of nitrogen functional groups attached to an aromatic ring is 1. The van der Waals surface area contributed by atoms with Crippen LogP contribution in [0.4, 0.5) is 11.5 Å². The summed E-state index contributed by atoms with van der Waals surface area (Å²) in [7, 11) is 0. The first-order valence-corrected chi connectivity index (χ1v) is 9.94. The molecular weight excluding hydrogens is 370 g/mol. The maximum Gasteiger partial charge on any atom is 0.330 e. The Labute approximate surface area is 168 Å². The van der Waals surface area contributed by atoms with Crippen LogP contribution in [0, 0.1) is 11.3 Å². The number of carbonyl (C=O) groups is 1. The van der Waals surface area contributed by atoms with Gasteiger partial charge in [0.05, 0.1) is 11.6 Å². The lowest BCUT2D eigenvalue weighted by molar-refractivity contribution is 0.0976. The molecule has 1 aromatic carbocycles. The van der Waals surface area contributed by atoms with Crippen molar-refractivity contribution in [1.29, 1.82) is 5.26 Å². The third-order valence-electron chi connectivity index (χ3n) is 5.36. The number of anilines is 2. The van der Waals surface area contributed by atoms with Crippen LogP contribution in [-0.4, -0.2) is 21.5 Å². The third kappa shape index (κ3) is 4.09. The molecule has 0 atom stereocenters. The first-order chi connectivity index (χ1) is 14.0. The van der Waals surface area contributed by atoms with E-state index in [1.807, 2.05) is 13.0 Å². The highest BCUT2D eigenvalue weighted by Crippen LogP contribution is 2.30. The highest BCUT2D eigenvalue weighted by Gasteiger charge is 2.33. The fourth-order valence-electron chi connectivity index (χ4n) is 3.79. The average Bonchev–Trinajstić information content (AvgIpc) is 3.24. The molecule has 0 radical (unpaired) electrons. The fraction of sp³-hybridized carbons (Fsp3) is 0.429. The van der Waals surface area contributed by atoms with Gasteiger partial charge in [0, 0.05) is 18.2 Å². The van der Waals surface area contributed by atoms with E-state index in [0.717, 1.165) is 38.5 Å². The summed E-state index contributed by atoms with van der Waals surface area (Å²) < 4.78 is 1.33. The maximum atomic E-state index is 13.4. The molecule has 1 aliphatic rings. The Balaban J connectivity index is 2.12. The second-order valence-electron chi connectivity index (χ2n) is 7.30. The van der Waals surface area contributed by atoms with Gasteiger partial charge in [0.15, 0.2) is 5.69 Å². The Hall–Kier alpha value is -3.34. The number of aromatic amines is 1. The molecule has 0 unspecified atom stereocenters. The van der Waals surface area contributed by atoms with Crippen LogP contribution >= 0.6 is 0 Å². The van der Waals surface area contributed by atoms with E-state index < -0.39 is 11.2 Å². The summed E-state index contributed by atoms with van der Waals surface area (Å²) in [6.45, 7) is 2.36. The summed E-state index contributed by atoms with van der Waals surface area (Å²) in [6.07, 6.45) is 5.01. The van der Waals surface area contributed by atoms with Crippen LogP contribution in [0.25, 0.3) is 0 Å². The van der Waals surface area contributed by atoms with Crippen LogP contribution in [-0.2, 0) is 6.54 Å². The number of nitriles is 1. The number of nitrogens with one attached hydrogen (secondary N) is 1. The van der Waals surface area contributed by atoms with Crippen molar-refractivity contribution in [3.63, 3.8) is 0 Å². The van der Waals surface area contributed by atoms with Crippen molar-refractivity contribution in [2.75, 3.05) is 10.6 Å². The Morgan fingerprint density at radius 1 is 1.28 bits per heavy atom. The molecule has 3 N–H and O–H groups in total. The van der Waals surface area contributed by atoms with Crippen molar-refractivity contribution in [1.82, 2.24) is 9.55 Å². The van der Waals surface area contributed by atoms with Gasteiger partial charge in [-0.05, 0) is 43.5 Å². The van der Waals surface area contributed by atoms with Gasteiger partial charge >= 0.3 is 5.69 Å². The van der Waals surface area contributed by atoms with Gasteiger partial charge in [0.1, 0.15) is 5.82 Å².